The van der Waals surface area contributed by atoms with E-state index in [2.05, 4.69) is 20.8 Å². The predicted octanol–water partition coefficient (Wildman–Crippen LogP) is 2.73. The van der Waals surface area contributed by atoms with Gasteiger partial charge < -0.3 is 10.6 Å². The molecule has 0 rings (SSSR count). The molecular formula is C13H26N2OS. The number of nitrogens with zero attached hydrogens (tertiary/aromatic N) is 1. The first-order valence-electron chi connectivity index (χ1n) is 6.63. The number of thiocarbonyl (C=S) groups is 1. The molecule has 4 heteroatoms. The van der Waals surface area contributed by atoms with Gasteiger partial charge in [0.1, 0.15) is 0 Å². The van der Waals surface area contributed by atoms with Crippen molar-refractivity contribution in [1.82, 2.24) is 4.90 Å². The lowest BCUT2D eigenvalue weighted by Gasteiger charge is -2.26. The van der Waals surface area contributed by atoms with Crippen LogP contribution < -0.4 is 5.73 Å². The summed E-state index contributed by atoms with van der Waals surface area (Å²) in [5.41, 5.74) is 5.50. The largest absolute Gasteiger partial charge is 0.393 e. The molecule has 0 atom stereocenters. The zero-order chi connectivity index (χ0) is 13.3. The summed E-state index contributed by atoms with van der Waals surface area (Å²) in [6, 6.07) is 0. The molecule has 0 aromatic heterocycles. The van der Waals surface area contributed by atoms with Crippen molar-refractivity contribution in [3.8, 4) is 0 Å². The molecule has 0 aromatic rings. The maximum absolute atomic E-state index is 12.3. The third-order valence-corrected chi connectivity index (χ3v) is 3.26. The Morgan fingerprint density at radius 2 is 1.82 bits per heavy atom. The van der Waals surface area contributed by atoms with Gasteiger partial charge in [0.2, 0.25) is 5.91 Å². The van der Waals surface area contributed by atoms with Crippen LogP contribution in [0.15, 0.2) is 0 Å². The summed E-state index contributed by atoms with van der Waals surface area (Å²) < 4.78 is 0. The average molecular weight is 258 g/mol. The molecule has 1 amide bonds. The smallest absolute Gasteiger partial charge is 0.225 e. The van der Waals surface area contributed by atoms with Gasteiger partial charge in [0.25, 0.3) is 0 Å². The first-order valence-corrected chi connectivity index (χ1v) is 7.04. The number of amides is 1. The second-order valence-corrected chi connectivity index (χ2v) is 4.93. The molecule has 0 aliphatic rings. The van der Waals surface area contributed by atoms with E-state index in [1.54, 1.807) is 0 Å². The van der Waals surface area contributed by atoms with Crippen molar-refractivity contribution >= 4 is 23.1 Å². The number of carbonyl (C=O) groups is 1. The number of nitrogens with two attached hydrogens (primary N) is 1. The molecular weight excluding hydrogens is 232 g/mol. The summed E-state index contributed by atoms with van der Waals surface area (Å²) in [4.78, 5) is 14.7. The second kappa shape index (κ2) is 9.40. The Bertz CT molecular complexity index is 240. The van der Waals surface area contributed by atoms with E-state index < -0.39 is 0 Å². The van der Waals surface area contributed by atoms with E-state index in [0.29, 0.717) is 18.0 Å². The van der Waals surface area contributed by atoms with Gasteiger partial charge in [0, 0.05) is 25.4 Å². The molecule has 0 spiro atoms. The van der Waals surface area contributed by atoms with Crippen LogP contribution in [0.4, 0.5) is 0 Å². The molecule has 0 aliphatic heterocycles. The third-order valence-electron chi connectivity index (χ3n) is 3.06. The van der Waals surface area contributed by atoms with Gasteiger partial charge in [-0.1, -0.05) is 39.4 Å². The van der Waals surface area contributed by atoms with E-state index in [0.717, 1.165) is 32.2 Å². The highest BCUT2D eigenvalue weighted by atomic mass is 32.1. The molecule has 3 nitrogen and oxygen atoms in total. The lowest BCUT2D eigenvalue weighted by atomic mass is 10.0. The zero-order valence-electron chi connectivity index (χ0n) is 11.4. The summed E-state index contributed by atoms with van der Waals surface area (Å²) in [5, 5.41) is 0. The van der Waals surface area contributed by atoms with E-state index in [4.69, 9.17) is 18.0 Å². The van der Waals surface area contributed by atoms with Crippen LogP contribution in [0.25, 0.3) is 0 Å². The van der Waals surface area contributed by atoms with Crippen LogP contribution in [-0.2, 0) is 4.79 Å². The van der Waals surface area contributed by atoms with E-state index >= 15 is 0 Å². The quantitative estimate of drug-likeness (QED) is 0.647. The lowest BCUT2D eigenvalue weighted by molar-refractivity contribution is -0.135. The predicted molar refractivity (Wildman–Crippen MR) is 77.0 cm³/mol. The van der Waals surface area contributed by atoms with Crippen LogP contribution in [-0.4, -0.2) is 28.9 Å². The van der Waals surface area contributed by atoms with Gasteiger partial charge in [0.15, 0.2) is 0 Å². The van der Waals surface area contributed by atoms with Crippen LogP contribution in [0.2, 0.25) is 0 Å². The van der Waals surface area contributed by atoms with Gasteiger partial charge in [-0.05, 0) is 19.3 Å². The minimum Gasteiger partial charge on any atom is -0.393 e. The molecule has 0 aromatic carbocycles. The fraction of sp³-hybridized carbons (Fsp3) is 0.846. The van der Waals surface area contributed by atoms with E-state index in [1.165, 1.54) is 0 Å². The summed E-state index contributed by atoms with van der Waals surface area (Å²) >= 11 is 4.88. The number of rotatable bonds is 9. The van der Waals surface area contributed by atoms with E-state index in [9.17, 15) is 4.79 Å². The van der Waals surface area contributed by atoms with Gasteiger partial charge in [-0.25, -0.2) is 0 Å². The molecule has 0 saturated carbocycles. The van der Waals surface area contributed by atoms with Crippen molar-refractivity contribution in [1.29, 1.82) is 0 Å². The molecule has 0 saturated heterocycles. The topological polar surface area (TPSA) is 46.3 Å². The summed E-state index contributed by atoms with van der Waals surface area (Å²) in [5.74, 6) is 0.415. The van der Waals surface area contributed by atoms with Gasteiger partial charge in [-0.15, -0.1) is 0 Å². The minimum absolute atomic E-state index is 0.151. The molecule has 0 radical (unpaired) electrons. The van der Waals surface area contributed by atoms with Gasteiger partial charge in [0.05, 0.1) is 4.99 Å². The van der Waals surface area contributed by atoms with Gasteiger partial charge in [-0.3, -0.25) is 4.79 Å². The Morgan fingerprint density at radius 3 is 2.24 bits per heavy atom. The van der Waals surface area contributed by atoms with E-state index in [-0.39, 0.29) is 11.8 Å². The Labute approximate surface area is 111 Å². The van der Waals surface area contributed by atoms with Gasteiger partial charge >= 0.3 is 0 Å². The lowest BCUT2D eigenvalue weighted by Crippen LogP contribution is -2.38. The molecule has 17 heavy (non-hydrogen) atoms. The highest BCUT2D eigenvalue weighted by molar-refractivity contribution is 7.80. The Kier molecular flexibility index (Phi) is 9.04. The third kappa shape index (κ3) is 6.61. The molecule has 100 valence electrons. The molecule has 0 unspecified atom stereocenters. The SMILES string of the molecule is CCCCN(CCC(N)=S)C(=O)C(CC)CC. The van der Waals surface area contributed by atoms with Crippen molar-refractivity contribution in [2.24, 2.45) is 11.7 Å². The molecule has 2 N–H and O–H groups in total. The number of unbranched alkanes of at least 4 members (excludes halogenated alkanes) is 1. The normalized spacial score (nSPS) is 10.6. The van der Waals surface area contributed by atoms with Crippen molar-refractivity contribution in [2.75, 3.05) is 13.1 Å². The van der Waals surface area contributed by atoms with Crippen LogP contribution in [0.5, 0.6) is 0 Å². The van der Waals surface area contributed by atoms with Crippen LogP contribution in [0, 0.1) is 5.92 Å². The Balaban J connectivity index is 4.42. The van der Waals surface area contributed by atoms with E-state index in [1.807, 2.05) is 4.90 Å². The first kappa shape index (κ1) is 16.4. The maximum atomic E-state index is 12.3. The number of hydrogen-bond acceptors (Lipinski definition) is 2. The minimum atomic E-state index is 0.151. The highest BCUT2D eigenvalue weighted by Crippen LogP contribution is 2.13. The number of carbonyl (C=O) groups excluding carboxylic acids is 1. The van der Waals surface area contributed by atoms with Crippen LogP contribution in [0.3, 0.4) is 0 Å². The summed E-state index contributed by atoms with van der Waals surface area (Å²) in [7, 11) is 0. The summed E-state index contributed by atoms with van der Waals surface area (Å²) in [6.45, 7) is 7.77. The van der Waals surface area contributed by atoms with Crippen molar-refractivity contribution < 1.29 is 4.79 Å². The van der Waals surface area contributed by atoms with Crippen LogP contribution >= 0.6 is 12.2 Å². The fourth-order valence-corrected chi connectivity index (χ4v) is 1.91. The van der Waals surface area contributed by atoms with Crippen LogP contribution in [0.1, 0.15) is 52.9 Å². The highest BCUT2D eigenvalue weighted by Gasteiger charge is 2.20. The van der Waals surface area contributed by atoms with Crippen molar-refractivity contribution in [3.63, 3.8) is 0 Å². The zero-order valence-corrected chi connectivity index (χ0v) is 12.2. The Morgan fingerprint density at radius 1 is 1.24 bits per heavy atom. The monoisotopic (exact) mass is 258 g/mol. The van der Waals surface area contributed by atoms with Crippen molar-refractivity contribution in [3.05, 3.63) is 0 Å². The standard InChI is InChI=1S/C13H26N2OS/c1-4-7-9-15(10-8-12(14)17)13(16)11(5-2)6-3/h11H,4-10H2,1-3H3,(H2,14,17). The fourth-order valence-electron chi connectivity index (χ4n) is 1.82. The molecule has 0 aliphatic carbocycles. The Hall–Kier alpha value is -0.640. The van der Waals surface area contributed by atoms with Gasteiger partial charge in [-0.2, -0.15) is 0 Å². The van der Waals surface area contributed by atoms with Crippen molar-refractivity contribution in [2.45, 2.75) is 52.9 Å². The molecule has 0 heterocycles. The molecule has 0 fully saturated rings. The molecule has 0 bridgehead atoms. The first-order chi connectivity index (χ1) is 8.06. The number of hydrogen-bond donors (Lipinski definition) is 1. The summed E-state index contributed by atoms with van der Waals surface area (Å²) in [6.07, 6.45) is 4.59. The average Bonchev–Trinajstić information content (AvgIpc) is 2.30. The second-order valence-electron chi connectivity index (χ2n) is 4.41. The maximum Gasteiger partial charge on any atom is 0.225 e.